The van der Waals surface area contributed by atoms with Crippen LogP contribution in [0.5, 0.6) is 0 Å². The third-order valence-electron chi connectivity index (χ3n) is 3.46. The summed E-state index contributed by atoms with van der Waals surface area (Å²) in [5.74, 6) is 0.893. The van der Waals surface area contributed by atoms with Gasteiger partial charge in [-0.05, 0) is 17.8 Å². The highest BCUT2D eigenvalue weighted by Crippen LogP contribution is 2.15. The molecule has 0 spiro atoms. The molecule has 0 radical (unpaired) electrons. The van der Waals surface area contributed by atoms with Crippen molar-refractivity contribution in [3.63, 3.8) is 0 Å². The van der Waals surface area contributed by atoms with E-state index < -0.39 is 8.07 Å². The Labute approximate surface area is 122 Å². The standard InChI is InChI=1S/C17H23N2Si/c1-14(18-2)19-13-16(20(3,4)5)11-12-17(19)15-9-7-6-8-10-15/h6-13,18H,1H2,2-5H3/q+1. The number of hydrogen-bond acceptors (Lipinski definition) is 1. The number of rotatable bonds is 4. The second-order valence-corrected chi connectivity index (χ2v) is 11.1. The molecule has 0 amide bonds. The van der Waals surface area contributed by atoms with Gasteiger partial charge in [-0.25, -0.2) is 4.57 Å². The van der Waals surface area contributed by atoms with Crippen molar-refractivity contribution in [3.8, 4) is 11.3 Å². The van der Waals surface area contributed by atoms with Crippen LogP contribution in [0, 0.1) is 0 Å². The average molecular weight is 283 g/mol. The van der Waals surface area contributed by atoms with Crippen LogP contribution in [-0.4, -0.2) is 15.1 Å². The molecule has 0 bridgehead atoms. The lowest BCUT2D eigenvalue weighted by Gasteiger charge is -2.18. The Bertz CT molecular complexity index is 613. The zero-order chi connectivity index (χ0) is 14.8. The SMILES string of the molecule is C=C(NC)[n+]1cc([Si](C)(C)C)ccc1-c1ccccc1. The van der Waals surface area contributed by atoms with Crippen molar-refractivity contribution in [2.45, 2.75) is 19.6 Å². The highest BCUT2D eigenvalue weighted by atomic mass is 28.3. The molecule has 0 saturated carbocycles. The normalized spacial score (nSPS) is 11.2. The van der Waals surface area contributed by atoms with Crippen molar-refractivity contribution in [2.24, 2.45) is 0 Å². The van der Waals surface area contributed by atoms with Crippen LogP contribution in [0.4, 0.5) is 0 Å². The molecule has 20 heavy (non-hydrogen) atoms. The molecule has 1 aromatic carbocycles. The molecule has 3 heteroatoms. The van der Waals surface area contributed by atoms with Crippen molar-refractivity contribution in [1.82, 2.24) is 5.32 Å². The second-order valence-electron chi connectivity index (χ2n) is 5.99. The van der Waals surface area contributed by atoms with E-state index in [1.807, 2.05) is 13.1 Å². The maximum Gasteiger partial charge on any atom is 0.271 e. The van der Waals surface area contributed by atoms with Crippen LogP contribution < -0.4 is 15.1 Å². The largest absolute Gasteiger partial charge is 0.277 e. The fraction of sp³-hybridized carbons (Fsp3) is 0.235. The van der Waals surface area contributed by atoms with Gasteiger partial charge in [0.2, 0.25) is 0 Å². The minimum atomic E-state index is -1.34. The first-order valence-electron chi connectivity index (χ1n) is 6.92. The van der Waals surface area contributed by atoms with Crippen molar-refractivity contribution >= 4 is 19.1 Å². The first-order chi connectivity index (χ1) is 9.43. The summed E-state index contributed by atoms with van der Waals surface area (Å²) in [5, 5.41) is 4.58. The predicted octanol–water partition coefficient (Wildman–Crippen LogP) is 2.83. The van der Waals surface area contributed by atoms with Gasteiger partial charge in [-0.1, -0.05) is 56.0 Å². The Balaban J connectivity index is 2.61. The molecule has 104 valence electrons. The van der Waals surface area contributed by atoms with Gasteiger partial charge in [0.15, 0.2) is 0 Å². The fourth-order valence-corrected chi connectivity index (χ4v) is 3.23. The maximum atomic E-state index is 4.12. The molecule has 1 N–H and O–H groups in total. The van der Waals surface area contributed by atoms with Gasteiger partial charge < -0.3 is 0 Å². The number of benzene rings is 1. The van der Waals surface area contributed by atoms with Crippen LogP contribution in [0.15, 0.2) is 55.2 Å². The molecule has 2 nitrogen and oxygen atoms in total. The van der Waals surface area contributed by atoms with E-state index in [4.69, 9.17) is 0 Å². The summed E-state index contributed by atoms with van der Waals surface area (Å²) >= 11 is 0. The summed E-state index contributed by atoms with van der Waals surface area (Å²) in [6.45, 7) is 11.2. The zero-order valence-electron chi connectivity index (χ0n) is 12.8. The van der Waals surface area contributed by atoms with E-state index >= 15 is 0 Å². The Kier molecular flexibility index (Phi) is 4.09. The van der Waals surface area contributed by atoms with E-state index in [0.29, 0.717) is 0 Å². The highest BCUT2D eigenvalue weighted by molar-refractivity contribution is 6.88. The lowest BCUT2D eigenvalue weighted by Crippen LogP contribution is -2.48. The molecular formula is C17H23N2Si+. The van der Waals surface area contributed by atoms with E-state index in [1.165, 1.54) is 10.8 Å². The molecule has 1 heterocycles. The fourth-order valence-electron chi connectivity index (χ4n) is 2.13. The predicted molar refractivity (Wildman–Crippen MR) is 89.4 cm³/mol. The van der Waals surface area contributed by atoms with E-state index in [0.717, 1.165) is 11.5 Å². The van der Waals surface area contributed by atoms with Gasteiger partial charge in [0.25, 0.3) is 5.82 Å². The lowest BCUT2D eigenvalue weighted by molar-refractivity contribution is -0.572. The maximum absolute atomic E-state index is 4.12. The molecule has 1 aromatic heterocycles. The van der Waals surface area contributed by atoms with E-state index in [2.05, 4.69) is 78.7 Å². The number of nitrogens with one attached hydrogen (secondary N) is 1. The minimum Gasteiger partial charge on any atom is -0.277 e. The highest BCUT2D eigenvalue weighted by Gasteiger charge is 2.21. The van der Waals surface area contributed by atoms with Crippen LogP contribution in [0.3, 0.4) is 0 Å². The van der Waals surface area contributed by atoms with Gasteiger partial charge in [0, 0.05) is 5.56 Å². The van der Waals surface area contributed by atoms with Crippen molar-refractivity contribution in [3.05, 3.63) is 55.2 Å². The van der Waals surface area contributed by atoms with Crippen LogP contribution in [-0.2, 0) is 0 Å². The molecule has 0 fully saturated rings. The number of pyridine rings is 1. The topological polar surface area (TPSA) is 15.9 Å². The van der Waals surface area contributed by atoms with E-state index in [-0.39, 0.29) is 0 Å². The van der Waals surface area contributed by atoms with Crippen molar-refractivity contribution < 1.29 is 4.57 Å². The summed E-state index contributed by atoms with van der Waals surface area (Å²) < 4.78 is 2.16. The van der Waals surface area contributed by atoms with E-state index in [9.17, 15) is 0 Å². The molecule has 2 rings (SSSR count). The number of aromatic nitrogens is 1. The Hall–Kier alpha value is -1.87. The quantitative estimate of drug-likeness (QED) is 0.674. The lowest BCUT2D eigenvalue weighted by atomic mass is 10.1. The van der Waals surface area contributed by atoms with Gasteiger partial charge in [0.1, 0.15) is 5.69 Å². The van der Waals surface area contributed by atoms with Gasteiger partial charge in [-0.15, -0.1) is 0 Å². The Morgan fingerprint density at radius 3 is 2.25 bits per heavy atom. The summed E-state index contributed by atoms with van der Waals surface area (Å²) in [6.07, 6.45) is 2.23. The van der Waals surface area contributed by atoms with Crippen LogP contribution in [0.1, 0.15) is 0 Å². The summed E-state index contributed by atoms with van der Waals surface area (Å²) in [6, 6.07) is 14.9. The molecule has 0 aliphatic carbocycles. The Morgan fingerprint density at radius 2 is 1.70 bits per heavy atom. The smallest absolute Gasteiger partial charge is 0.271 e. The number of nitrogens with zero attached hydrogens (tertiary/aromatic N) is 1. The molecule has 0 atom stereocenters. The first-order valence-corrected chi connectivity index (χ1v) is 10.4. The molecule has 0 aliphatic rings. The third kappa shape index (κ3) is 2.99. The Morgan fingerprint density at radius 1 is 1.05 bits per heavy atom. The summed E-state index contributed by atoms with van der Waals surface area (Å²) in [7, 11) is 0.571. The summed E-state index contributed by atoms with van der Waals surface area (Å²) in [5.41, 5.74) is 2.36. The van der Waals surface area contributed by atoms with E-state index in [1.54, 1.807) is 0 Å². The van der Waals surface area contributed by atoms with Crippen molar-refractivity contribution in [2.75, 3.05) is 7.05 Å². The van der Waals surface area contributed by atoms with Gasteiger partial charge in [-0.3, -0.25) is 5.32 Å². The average Bonchev–Trinajstić information content (AvgIpc) is 2.45. The molecule has 0 saturated heterocycles. The monoisotopic (exact) mass is 283 g/mol. The second kappa shape index (κ2) is 5.63. The molecule has 0 unspecified atom stereocenters. The first kappa shape index (κ1) is 14.5. The summed E-state index contributed by atoms with van der Waals surface area (Å²) in [4.78, 5) is 0. The van der Waals surface area contributed by atoms with Gasteiger partial charge in [-0.2, -0.15) is 0 Å². The number of hydrogen-bond donors (Lipinski definition) is 1. The third-order valence-corrected chi connectivity index (χ3v) is 5.49. The van der Waals surface area contributed by atoms with Crippen LogP contribution in [0.25, 0.3) is 17.1 Å². The van der Waals surface area contributed by atoms with Crippen LogP contribution >= 0.6 is 0 Å². The molecule has 2 aromatic rings. The molecular weight excluding hydrogens is 260 g/mol. The molecule has 0 aliphatic heterocycles. The zero-order valence-corrected chi connectivity index (χ0v) is 13.8. The van der Waals surface area contributed by atoms with Gasteiger partial charge in [0.05, 0.1) is 21.3 Å². The van der Waals surface area contributed by atoms with Gasteiger partial charge >= 0.3 is 0 Å². The van der Waals surface area contributed by atoms with Crippen LogP contribution in [0.2, 0.25) is 19.6 Å². The minimum absolute atomic E-state index is 0.893. The van der Waals surface area contributed by atoms with Crippen molar-refractivity contribution in [1.29, 1.82) is 0 Å².